The Balaban J connectivity index is -0.0000000800. The lowest BCUT2D eigenvalue weighted by Crippen LogP contribution is -1.89. The van der Waals surface area contributed by atoms with Crippen molar-refractivity contribution in [2.45, 2.75) is 0 Å². The first-order valence-electron chi connectivity index (χ1n) is 1.51. The lowest BCUT2D eigenvalue weighted by atomic mass is 11.9. The van der Waals surface area contributed by atoms with Crippen LogP contribution in [0.1, 0.15) is 0 Å². The van der Waals surface area contributed by atoms with Gasteiger partial charge in [0.15, 0.2) is 0 Å². The highest BCUT2D eigenvalue weighted by Crippen LogP contribution is 1.70. The first-order valence-corrected chi connectivity index (χ1v) is 4.54. The maximum Gasteiger partial charge on any atom is 0.394 e. The van der Waals surface area contributed by atoms with E-state index in [1.54, 1.807) is 11.8 Å². The van der Waals surface area contributed by atoms with E-state index >= 15 is 0 Å². The van der Waals surface area contributed by atoms with Gasteiger partial charge in [-0.1, -0.05) is 0 Å². The van der Waals surface area contributed by atoms with Gasteiger partial charge < -0.3 is 6.15 Å². The van der Waals surface area contributed by atoms with Crippen LogP contribution in [0.2, 0.25) is 0 Å². The summed E-state index contributed by atoms with van der Waals surface area (Å²) in [5.41, 5.74) is 0. The van der Waals surface area contributed by atoms with Crippen LogP contribution < -0.4 is 6.15 Å². The third kappa shape index (κ3) is 9640. The van der Waals surface area contributed by atoms with Gasteiger partial charge in [0.2, 0.25) is 0 Å². The molecule has 0 saturated heterocycles. The number of thioether (sulfide) groups is 1. The van der Waals surface area contributed by atoms with E-state index in [1.165, 1.54) is 0 Å². The molecule has 0 saturated carbocycles. The zero-order chi connectivity index (χ0) is 7.21. The second kappa shape index (κ2) is 8.18. The molecular weight excluding hydrogens is 166 g/mol. The van der Waals surface area contributed by atoms with Crippen molar-refractivity contribution < 1.29 is 17.5 Å². The Morgan fingerprint density at radius 1 is 1.22 bits per heavy atom. The van der Waals surface area contributed by atoms with Crippen LogP contribution in [0.4, 0.5) is 0 Å². The molecule has 0 amide bonds. The highest BCUT2D eigenvalue weighted by molar-refractivity contribution is 7.97. The fraction of sp³-hybridized carbons (Fsp3) is 1.00. The summed E-state index contributed by atoms with van der Waals surface area (Å²) in [7, 11) is -4.67. The predicted molar refractivity (Wildman–Crippen MR) is 38.6 cm³/mol. The van der Waals surface area contributed by atoms with Crippen molar-refractivity contribution in [2.24, 2.45) is 0 Å². The SMILES string of the molecule is CSC.N.O=S(=O)(O)O. The van der Waals surface area contributed by atoms with Gasteiger partial charge in [-0.2, -0.15) is 20.2 Å². The molecule has 0 rings (SSSR count). The third-order valence-corrected chi connectivity index (χ3v) is 0. The number of hydrogen-bond acceptors (Lipinski definition) is 4. The number of hydrogen-bond donors (Lipinski definition) is 3. The standard InChI is InChI=1S/C2H6S.H3N.H2O4S/c1-3-2;;1-5(2,3)4/h1-2H3;1H3;(H2,1,2,3,4). The summed E-state index contributed by atoms with van der Waals surface area (Å²) in [6.45, 7) is 0. The van der Waals surface area contributed by atoms with Gasteiger partial charge in [-0.05, 0) is 12.5 Å². The molecule has 0 aliphatic heterocycles. The van der Waals surface area contributed by atoms with Crippen LogP contribution in [0.15, 0.2) is 0 Å². The first-order chi connectivity index (χ1) is 3.41. The Labute approximate surface area is 59.0 Å². The Kier molecular flexibility index (Phi) is 14.6. The summed E-state index contributed by atoms with van der Waals surface area (Å²) in [6, 6.07) is 0. The molecule has 0 aromatic heterocycles. The van der Waals surface area contributed by atoms with Gasteiger partial charge in [-0.15, -0.1) is 0 Å². The van der Waals surface area contributed by atoms with Crippen LogP contribution in [-0.2, 0) is 10.4 Å². The molecule has 0 aromatic carbocycles. The molecule has 0 bridgehead atoms. The van der Waals surface area contributed by atoms with Gasteiger partial charge in [-0.3, -0.25) is 9.11 Å². The van der Waals surface area contributed by atoms with Crippen LogP contribution in [-0.4, -0.2) is 30.0 Å². The van der Waals surface area contributed by atoms with E-state index in [9.17, 15) is 0 Å². The topological polar surface area (TPSA) is 110 Å². The van der Waals surface area contributed by atoms with E-state index < -0.39 is 10.4 Å². The van der Waals surface area contributed by atoms with Crippen molar-refractivity contribution in [3.8, 4) is 0 Å². The highest BCUT2D eigenvalue weighted by Gasteiger charge is 1.84. The van der Waals surface area contributed by atoms with Crippen molar-refractivity contribution in [3.05, 3.63) is 0 Å². The first kappa shape index (κ1) is 16.1. The molecule has 0 unspecified atom stereocenters. The molecule has 7 heteroatoms. The maximum absolute atomic E-state index is 8.74. The van der Waals surface area contributed by atoms with Crippen LogP contribution in [0.5, 0.6) is 0 Å². The Hall–Kier alpha value is 0.180. The van der Waals surface area contributed by atoms with E-state index in [2.05, 4.69) is 0 Å². The lowest BCUT2D eigenvalue weighted by molar-refractivity contribution is 0.381. The smallest absolute Gasteiger partial charge is 0.344 e. The maximum atomic E-state index is 8.74. The molecule has 0 radical (unpaired) electrons. The minimum atomic E-state index is -4.67. The minimum Gasteiger partial charge on any atom is -0.344 e. The van der Waals surface area contributed by atoms with Crippen molar-refractivity contribution in [1.82, 2.24) is 6.15 Å². The van der Waals surface area contributed by atoms with Gasteiger partial charge in [0.25, 0.3) is 0 Å². The normalized spacial score (nSPS) is 8.44. The van der Waals surface area contributed by atoms with Crippen LogP contribution in [0.3, 0.4) is 0 Å². The zero-order valence-electron chi connectivity index (χ0n) is 5.23. The second-order valence-corrected chi connectivity index (χ2v) is 2.57. The summed E-state index contributed by atoms with van der Waals surface area (Å²) in [5, 5.41) is 0. The van der Waals surface area contributed by atoms with Crippen molar-refractivity contribution in [3.63, 3.8) is 0 Å². The average Bonchev–Trinajstić information content (AvgIpc) is 1.27. The van der Waals surface area contributed by atoms with E-state index in [1.807, 2.05) is 12.5 Å². The van der Waals surface area contributed by atoms with Crippen LogP contribution in [0, 0.1) is 0 Å². The lowest BCUT2D eigenvalue weighted by Gasteiger charge is -1.68. The van der Waals surface area contributed by atoms with E-state index in [0.717, 1.165) is 0 Å². The summed E-state index contributed by atoms with van der Waals surface area (Å²) in [6.07, 6.45) is 4.08. The molecule has 0 aliphatic carbocycles. The Morgan fingerprint density at radius 2 is 1.22 bits per heavy atom. The van der Waals surface area contributed by atoms with Gasteiger partial charge in [0, 0.05) is 0 Å². The van der Waals surface area contributed by atoms with Gasteiger partial charge in [0.05, 0.1) is 0 Å². The average molecular weight is 177 g/mol. The van der Waals surface area contributed by atoms with Gasteiger partial charge >= 0.3 is 10.4 Å². The fourth-order valence-corrected chi connectivity index (χ4v) is 0. The third-order valence-electron chi connectivity index (χ3n) is 0. The molecule has 9 heavy (non-hydrogen) atoms. The molecular formula is C2H11NO4S2. The minimum absolute atomic E-state index is 0. The Bertz CT molecular complexity index is 111. The summed E-state index contributed by atoms with van der Waals surface area (Å²) >= 11 is 1.75. The second-order valence-electron chi connectivity index (χ2n) is 0.856. The summed E-state index contributed by atoms with van der Waals surface area (Å²) < 4.78 is 31.6. The molecule has 0 fully saturated rings. The van der Waals surface area contributed by atoms with E-state index in [4.69, 9.17) is 17.5 Å². The van der Waals surface area contributed by atoms with Crippen LogP contribution >= 0.6 is 11.8 Å². The quantitative estimate of drug-likeness (QED) is 0.464. The highest BCUT2D eigenvalue weighted by atomic mass is 32.3. The monoisotopic (exact) mass is 177 g/mol. The molecule has 5 nitrogen and oxygen atoms in total. The van der Waals surface area contributed by atoms with Crippen LogP contribution in [0.25, 0.3) is 0 Å². The summed E-state index contributed by atoms with van der Waals surface area (Å²) in [5.74, 6) is 0. The molecule has 0 aromatic rings. The number of rotatable bonds is 0. The molecule has 0 spiro atoms. The largest absolute Gasteiger partial charge is 0.394 e. The van der Waals surface area contributed by atoms with Gasteiger partial charge in [-0.25, -0.2) is 0 Å². The van der Waals surface area contributed by atoms with E-state index in [-0.39, 0.29) is 6.15 Å². The summed E-state index contributed by atoms with van der Waals surface area (Å²) in [4.78, 5) is 0. The van der Waals surface area contributed by atoms with Crippen molar-refractivity contribution in [1.29, 1.82) is 0 Å². The molecule has 60 valence electrons. The molecule has 0 heterocycles. The van der Waals surface area contributed by atoms with Crippen molar-refractivity contribution >= 4 is 22.2 Å². The Morgan fingerprint density at radius 3 is 1.22 bits per heavy atom. The van der Waals surface area contributed by atoms with Gasteiger partial charge in [0.1, 0.15) is 0 Å². The predicted octanol–water partition coefficient (Wildman–Crippen LogP) is 0.488. The molecule has 0 atom stereocenters. The van der Waals surface area contributed by atoms with E-state index in [0.29, 0.717) is 0 Å². The fourth-order valence-electron chi connectivity index (χ4n) is 0. The molecule has 0 aliphatic rings. The van der Waals surface area contributed by atoms with Crippen molar-refractivity contribution in [2.75, 3.05) is 12.5 Å². The molecule has 5 N–H and O–H groups in total. The zero-order valence-corrected chi connectivity index (χ0v) is 6.87.